The summed E-state index contributed by atoms with van der Waals surface area (Å²) in [4.78, 5) is 17.2. The van der Waals surface area contributed by atoms with E-state index < -0.39 is 0 Å². The first-order chi connectivity index (χ1) is 11.7. The van der Waals surface area contributed by atoms with Crippen molar-refractivity contribution < 1.29 is 0 Å². The van der Waals surface area contributed by atoms with E-state index >= 15 is 0 Å². The van der Waals surface area contributed by atoms with Crippen LogP contribution in [0.3, 0.4) is 0 Å². The molecule has 3 aromatic rings. The Balaban J connectivity index is 1.77. The Bertz CT molecular complexity index is 795. The molecule has 0 N–H and O–H groups in total. The number of rotatable bonds is 6. The van der Waals surface area contributed by atoms with Crippen molar-refractivity contribution >= 4 is 23.5 Å². The number of hydrogen-bond donors (Lipinski definition) is 0. The summed E-state index contributed by atoms with van der Waals surface area (Å²) in [5, 5.41) is 1.61. The average Bonchev–Trinajstić information content (AvgIpc) is 2.63. The van der Waals surface area contributed by atoms with Crippen LogP contribution in [0.5, 0.6) is 0 Å². The minimum atomic E-state index is 0.806. The Kier molecular flexibility index (Phi) is 5.82. The SMILES string of the molecule is Cc1ccc(CSc2ncccn2)c(CSc2ncccn2)c1C. The second-order valence-corrected chi connectivity index (χ2v) is 7.17. The molecule has 0 aliphatic carbocycles. The van der Waals surface area contributed by atoms with Gasteiger partial charge in [0.05, 0.1) is 0 Å². The van der Waals surface area contributed by atoms with E-state index in [1.54, 1.807) is 48.3 Å². The maximum absolute atomic E-state index is 4.30. The van der Waals surface area contributed by atoms with Gasteiger partial charge in [0.25, 0.3) is 0 Å². The number of aromatic nitrogens is 4. The summed E-state index contributed by atoms with van der Waals surface area (Å²) in [5.41, 5.74) is 5.32. The van der Waals surface area contributed by atoms with Gasteiger partial charge in [0.1, 0.15) is 0 Å². The second kappa shape index (κ2) is 8.26. The first-order valence-electron chi connectivity index (χ1n) is 7.61. The van der Waals surface area contributed by atoms with Gasteiger partial charge in [-0.05, 0) is 48.2 Å². The third-order valence-corrected chi connectivity index (χ3v) is 5.58. The smallest absolute Gasteiger partial charge is 0.187 e. The molecule has 2 heterocycles. The zero-order valence-corrected chi connectivity index (χ0v) is 15.3. The van der Waals surface area contributed by atoms with Gasteiger partial charge < -0.3 is 0 Å². The first kappa shape index (κ1) is 16.9. The lowest BCUT2D eigenvalue weighted by Crippen LogP contribution is -1.98. The quantitative estimate of drug-likeness (QED) is 0.481. The van der Waals surface area contributed by atoms with Crippen LogP contribution in [-0.4, -0.2) is 19.9 Å². The van der Waals surface area contributed by atoms with E-state index in [-0.39, 0.29) is 0 Å². The summed E-state index contributed by atoms with van der Waals surface area (Å²) in [6.07, 6.45) is 7.11. The molecule has 4 nitrogen and oxygen atoms in total. The van der Waals surface area contributed by atoms with E-state index in [1.807, 2.05) is 12.1 Å². The van der Waals surface area contributed by atoms with Crippen LogP contribution < -0.4 is 0 Å². The molecular formula is C18H18N4S2. The lowest BCUT2D eigenvalue weighted by atomic mass is 10.00. The van der Waals surface area contributed by atoms with Crippen molar-refractivity contribution in [3.8, 4) is 0 Å². The summed E-state index contributed by atoms with van der Waals surface area (Å²) >= 11 is 3.33. The molecule has 1 aromatic carbocycles. The van der Waals surface area contributed by atoms with Crippen molar-refractivity contribution in [3.63, 3.8) is 0 Å². The molecule has 122 valence electrons. The predicted molar refractivity (Wildman–Crippen MR) is 99.1 cm³/mol. The van der Waals surface area contributed by atoms with E-state index in [2.05, 4.69) is 45.9 Å². The topological polar surface area (TPSA) is 51.6 Å². The van der Waals surface area contributed by atoms with Crippen molar-refractivity contribution in [2.45, 2.75) is 35.7 Å². The molecule has 0 aliphatic heterocycles. The maximum atomic E-state index is 4.30. The van der Waals surface area contributed by atoms with Crippen LogP contribution in [0.15, 0.2) is 59.4 Å². The summed E-state index contributed by atoms with van der Waals surface area (Å²) < 4.78 is 0. The Hall–Kier alpha value is -1.92. The molecule has 0 saturated carbocycles. The molecular weight excluding hydrogens is 336 g/mol. The number of hydrogen-bond acceptors (Lipinski definition) is 6. The fourth-order valence-corrected chi connectivity index (χ4v) is 4.04. The van der Waals surface area contributed by atoms with Gasteiger partial charge in [-0.2, -0.15) is 0 Å². The Morgan fingerprint density at radius 3 is 1.88 bits per heavy atom. The highest BCUT2D eigenvalue weighted by atomic mass is 32.2. The van der Waals surface area contributed by atoms with Crippen molar-refractivity contribution in [2.24, 2.45) is 0 Å². The van der Waals surface area contributed by atoms with Crippen LogP contribution in [0.1, 0.15) is 22.3 Å². The molecule has 3 rings (SSSR count). The lowest BCUT2D eigenvalue weighted by Gasteiger charge is -2.14. The van der Waals surface area contributed by atoms with Gasteiger partial charge >= 0.3 is 0 Å². The maximum Gasteiger partial charge on any atom is 0.187 e. The average molecular weight is 355 g/mol. The number of nitrogens with zero attached hydrogens (tertiary/aromatic N) is 4. The van der Waals surface area contributed by atoms with Gasteiger partial charge in [-0.25, -0.2) is 19.9 Å². The number of aryl methyl sites for hydroxylation is 1. The highest BCUT2D eigenvalue weighted by Gasteiger charge is 2.11. The van der Waals surface area contributed by atoms with Crippen molar-refractivity contribution in [2.75, 3.05) is 0 Å². The first-order valence-corrected chi connectivity index (χ1v) is 9.59. The van der Waals surface area contributed by atoms with Gasteiger partial charge in [0, 0.05) is 36.3 Å². The summed E-state index contributed by atoms with van der Waals surface area (Å²) in [5.74, 6) is 1.72. The molecule has 0 fully saturated rings. The standard InChI is InChI=1S/C18H18N4S2/c1-13-5-6-15(11-23-17-19-7-3-8-20-17)16(14(13)2)12-24-18-21-9-4-10-22-18/h3-10H,11-12H2,1-2H3. The third-order valence-electron chi connectivity index (χ3n) is 3.75. The van der Waals surface area contributed by atoms with E-state index in [0.29, 0.717) is 0 Å². The molecule has 0 unspecified atom stereocenters. The predicted octanol–water partition coefficient (Wildman–Crippen LogP) is 4.47. The minimum Gasteiger partial charge on any atom is -0.231 e. The van der Waals surface area contributed by atoms with Crippen molar-refractivity contribution in [1.82, 2.24) is 19.9 Å². The van der Waals surface area contributed by atoms with Crippen LogP contribution in [0.2, 0.25) is 0 Å². The van der Waals surface area contributed by atoms with Crippen molar-refractivity contribution in [3.05, 3.63) is 71.3 Å². The van der Waals surface area contributed by atoms with Gasteiger partial charge in [0.15, 0.2) is 10.3 Å². The Morgan fingerprint density at radius 2 is 1.29 bits per heavy atom. The van der Waals surface area contributed by atoms with E-state index in [1.165, 1.54) is 22.3 Å². The molecule has 6 heteroatoms. The minimum absolute atomic E-state index is 0.806. The molecule has 0 aliphatic rings. The summed E-state index contributed by atoms with van der Waals surface area (Å²) in [6.45, 7) is 4.34. The van der Waals surface area contributed by atoms with E-state index in [9.17, 15) is 0 Å². The lowest BCUT2D eigenvalue weighted by molar-refractivity contribution is 0.963. The van der Waals surface area contributed by atoms with Gasteiger partial charge in [-0.1, -0.05) is 35.7 Å². The molecule has 0 atom stereocenters. The number of thioether (sulfide) groups is 2. The molecule has 24 heavy (non-hydrogen) atoms. The van der Waals surface area contributed by atoms with Crippen LogP contribution in [-0.2, 0) is 11.5 Å². The molecule has 0 saturated heterocycles. The number of benzene rings is 1. The fraction of sp³-hybridized carbons (Fsp3) is 0.222. The van der Waals surface area contributed by atoms with Gasteiger partial charge in [-0.15, -0.1) is 0 Å². The Morgan fingerprint density at radius 1 is 0.750 bits per heavy atom. The summed E-state index contributed by atoms with van der Waals surface area (Å²) in [7, 11) is 0. The van der Waals surface area contributed by atoms with Crippen LogP contribution in [0.4, 0.5) is 0 Å². The van der Waals surface area contributed by atoms with E-state index in [4.69, 9.17) is 0 Å². The second-order valence-electron chi connectivity index (χ2n) is 5.29. The zero-order valence-electron chi connectivity index (χ0n) is 13.6. The van der Waals surface area contributed by atoms with Crippen LogP contribution >= 0.6 is 23.5 Å². The molecule has 0 amide bonds. The van der Waals surface area contributed by atoms with Gasteiger partial charge in [0.2, 0.25) is 0 Å². The highest BCUT2D eigenvalue weighted by molar-refractivity contribution is 7.98. The van der Waals surface area contributed by atoms with Crippen LogP contribution in [0.25, 0.3) is 0 Å². The molecule has 0 bridgehead atoms. The van der Waals surface area contributed by atoms with Crippen molar-refractivity contribution in [1.29, 1.82) is 0 Å². The third kappa shape index (κ3) is 4.33. The van der Waals surface area contributed by atoms with Crippen LogP contribution in [0, 0.1) is 13.8 Å². The van der Waals surface area contributed by atoms with E-state index in [0.717, 1.165) is 21.8 Å². The zero-order chi connectivity index (χ0) is 16.8. The fourth-order valence-electron chi connectivity index (χ4n) is 2.27. The molecule has 0 radical (unpaired) electrons. The molecule has 2 aromatic heterocycles. The Labute approximate surface area is 150 Å². The highest BCUT2D eigenvalue weighted by Crippen LogP contribution is 2.29. The molecule has 0 spiro atoms. The normalized spacial score (nSPS) is 10.8. The summed E-state index contributed by atoms with van der Waals surface area (Å²) in [6, 6.07) is 8.07. The monoisotopic (exact) mass is 354 g/mol. The van der Waals surface area contributed by atoms with Gasteiger partial charge in [-0.3, -0.25) is 0 Å². The largest absolute Gasteiger partial charge is 0.231 e.